The number of hydrogen-bond acceptors (Lipinski definition) is 7. The summed E-state index contributed by atoms with van der Waals surface area (Å²) < 4.78 is 34.2. The number of unbranched alkanes of at least 4 members (excludes halogenated alkanes) is 8. The van der Waals surface area contributed by atoms with Gasteiger partial charge >= 0.3 is 19.8 Å². The summed E-state index contributed by atoms with van der Waals surface area (Å²) in [6, 6.07) is 0. The second kappa shape index (κ2) is 39.4. The zero-order valence-corrected chi connectivity index (χ0v) is 37.9. The number of hydrogen-bond donors (Lipinski definition) is 1. The van der Waals surface area contributed by atoms with E-state index in [0.717, 1.165) is 83.5 Å². The van der Waals surface area contributed by atoms with E-state index in [1.807, 2.05) is 27.2 Å². The highest BCUT2D eigenvalue weighted by Gasteiger charge is 2.27. The van der Waals surface area contributed by atoms with Crippen molar-refractivity contribution >= 4 is 19.8 Å². The van der Waals surface area contributed by atoms with Crippen LogP contribution in [0.5, 0.6) is 0 Å². The molecule has 0 aliphatic heterocycles. The normalized spacial score (nSPS) is 14.5. The summed E-state index contributed by atoms with van der Waals surface area (Å²) >= 11 is 0. The van der Waals surface area contributed by atoms with Crippen molar-refractivity contribution in [3.63, 3.8) is 0 Å². The molecule has 0 rings (SSSR count). The second-order valence-electron chi connectivity index (χ2n) is 15.3. The lowest BCUT2D eigenvalue weighted by Gasteiger charge is -2.24. The summed E-state index contributed by atoms with van der Waals surface area (Å²) in [6.07, 6.45) is 51.8. The number of likely N-dealkylation sites (N-methyl/N-ethyl adjacent to an activating group) is 1. The van der Waals surface area contributed by atoms with E-state index in [9.17, 15) is 19.0 Å². The molecule has 0 aromatic rings. The molecule has 9 nitrogen and oxygen atoms in total. The fraction of sp³-hybridized carbons (Fsp3) is 0.625. The molecule has 0 fully saturated rings. The van der Waals surface area contributed by atoms with E-state index in [0.29, 0.717) is 30.3 Å². The van der Waals surface area contributed by atoms with Gasteiger partial charge in [0.2, 0.25) is 0 Å². The minimum absolute atomic E-state index is 0.0139. The third kappa shape index (κ3) is 42.5. The molecule has 10 heteroatoms. The van der Waals surface area contributed by atoms with Crippen molar-refractivity contribution in [2.45, 2.75) is 148 Å². The number of phosphoric ester groups is 1. The summed E-state index contributed by atoms with van der Waals surface area (Å²) in [4.78, 5) is 35.3. The molecule has 0 saturated heterocycles. The maximum Gasteiger partial charge on any atom is 0.472 e. The molecule has 58 heavy (non-hydrogen) atoms. The van der Waals surface area contributed by atoms with Gasteiger partial charge in [0.25, 0.3) is 0 Å². The molecule has 0 aliphatic carbocycles. The number of esters is 2. The standard InChI is InChI=1S/C48H80NO8P/c1-6-8-10-12-14-16-18-19-20-21-22-23-24-25-26-27-28-29-31-33-35-37-39-41-48(51)57-46(45-56-58(52,53)55-43-42-49(3,4)5)44-54-47(50)40-38-36-34-32-30-17-15-13-11-9-7-2/h8,10,13-16,19-20,22-23,25-26,28-29,33,35,46H,6-7,9,11-12,17-18,21,24,27,30-32,34,36-45H2,1-5H3/p+1/b10-8-,15-13-,16-14-,20-19-,23-22-,26-25-,29-28-,35-33-. The Morgan fingerprint density at radius 2 is 1.00 bits per heavy atom. The zero-order valence-electron chi connectivity index (χ0n) is 37.0. The van der Waals surface area contributed by atoms with Crippen LogP contribution in [0, 0.1) is 0 Å². The molecular formula is C48H81NO8P+. The van der Waals surface area contributed by atoms with Gasteiger partial charge in [-0.2, -0.15) is 0 Å². The van der Waals surface area contributed by atoms with Gasteiger partial charge in [0.1, 0.15) is 19.8 Å². The highest BCUT2D eigenvalue weighted by atomic mass is 31.2. The van der Waals surface area contributed by atoms with Crippen LogP contribution in [0.2, 0.25) is 0 Å². The van der Waals surface area contributed by atoms with Crippen molar-refractivity contribution in [3.05, 3.63) is 97.2 Å². The molecule has 0 aromatic carbocycles. The Labute approximate surface area is 353 Å². The first kappa shape index (κ1) is 54.9. The minimum atomic E-state index is -4.40. The van der Waals surface area contributed by atoms with E-state index in [-0.39, 0.29) is 26.1 Å². The van der Waals surface area contributed by atoms with Crippen molar-refractivity contribution in [1.82, 2.24) is 0 Å². The Morgan fingerprint density at radius 1 is 0.552 bits per heavy atom. The summed E-state index contributed by atoms with van der Waals surface area (Å²) in [6.45, 7) is 4.16. The predicted molar refractivity (Wildman–Crippen MR) is 242 cm³/mol. The number of nitrogens with zero attached hydrogens (tertiary/aromatic N) is 1. The summed E-state index contributed by atoms with van der Waals surface area (Å²) in [5.74, 6) is -0.891. The Hall–Kier alpha value is -3.07. The van der Waals surface area contributed by atoms with Crippen LogP contribution in [0.1, 0.15) is 142 Å². The van der Waals surface area contributed by atoms with Crippen LogP contribution in [0.3, 0.4) is 0 Å². The zero-order chi connectivity index (χ0) is 42.8. The summed E-state index contributed by atoms with van der Waals surface area (Å²) in [5, 5.41) is 0. The molecule has 0 radical (unpaired) electrons. The monoisotopic (exact) mass is 831 g/mol. The van der Waals surface area contributed by atoms with Crippen LogP contribution in [-0.4, -0.2) is 74.9 Å². The summed E-state index contributed by atoms with van der Waals surface area (Å²) in [7, 11) is 1.42. The fourth-order valence-electron chi connectivity index (χ4n) is 5.16. The molecule has 0 saturated carbocycles. The van der Waals surface area contributed by atoms with Gasteiger partial charge in [0, 0.05) is 12.8 Å². The number of quaternary nitrogens is 1. The first-order chi connectivity index (χ1) is 28.0. The van der Waals surface area contributed by atoms with Crippen LogP contribution in [0.4, 0.5) is 0 Å². The minimum Gasteiger partial charge on any atom is -0.462 e. The van der Waals surface area contributed by atoms with Crippen LogP contribution < -0.4 is 0 Å². The number of allylic oxidation sites excluding steroid dienone is 16. The van der Waals surface area contributed by atoms with E-state index in [4.69, 9.17) is 18.5 Å². The van der Waals surface area contributed by atoms with E-state index < -0.39 is 32.5 Å². The lowest BCUT2D eigenvalue weighted by Crippen LogP contribution is -2.37. The van der Waals surface area contributed by atoms with Crippen LogP contribution in [0.15, 0.2) is 97.2 Å². The second-order valence-corrected chi connectivity index (χ2v) is 16.8. The van der Waals surface area contributed by atoms with Crippen molar-refractivity contribution in [1.29, 1.82) is 0 Å². The van der Waals surface area contributed by atoms with E-state index in [1.165, 1.54) is 12.8 Å². The highest BCUT2D eigenvalue weighted by Crippen LogP contribution is 2.43. The largest absolute Gasteiger partial charge is 0.472 e. The van der Waals surface area contributed by atoms with Crippen LogP contribution in [-0.2, 0) is 32.7 Å². The van der Waals surface area contributed by atoms with Gasteiger partial charge in [-0.1, -0.05) is 143 Å². The van der Waals surface area contributed by atoms with Crippen molar-refractivity contribution in [3.8, 4) is 0 Å². The number of phosphoric acid groups is 1. The Balaban J connectivity index is 4.48. The topological polar surface area (TPSA) is 108 Å². The lowest BCUT2D eigenvalue weighted by atomic mass is 10.1. The quantitative estimate of drug-likeness (QED) is 0.0215. The molecule has 0 aliphatic rings. The number of rotatable bonds is 38. The molecule has 1 N–H and O–H groups in total. The van der Waals surface area contributed by atoms with Gasteiger partial charge in [-0.15, -0.1) is 0 Å². The molecule has 0 amide bonds. The average Bonchev–Trinajstić information content (AvgIpc) is 3.17. The van der Waals surface area contributed by atoms with E-state index >= 15 is 0 Å². The predicted octanol–water partition coefficient (Wildman–Crippen LogP) is 12.6. The maximum atomic E-state index is 12.7. The van der Waals surface area contributed by atoms with Crippen LogP contribution >= 0.6 is 7.82 Å². The van der Waals surface area contributed by atoms with Gasteiger partial charge in [-0.05, 0) is 83.5 Å². The molecule has 2 atom stereocenters. The van der Waals surface area contributed by atoms with E-state index in [2.05, 4.69) is 105 Å². The summed E-state index contributed by atoms with van der Waals surface area (Å²) in [5.41, 5.74) is 0. The third-order valence-corrected chi connectivity index (χ3v) is 9.58. The molecule has 2 unspecified atom stereocenters. The number of ether oxygens (including phenoxy) is 2. The smallest absolute Gasteiger partial charge is 0.462 e. The number of carbonyl (C=O) groups excluding carboxylic acids is 2. The Kier molecular flexibility index (Phi) is 37.3. The molecule has 0 spiro atoms. The maximum absolute atomic E-state index is 12.7. The third-order valence-electron chi connectivity index (χ3n) is 8.60. The fourth-order valence-corrected chi connectivity index (χ4v) is 5.90. The van der Waals surface area contributed by atoms with Crippen molar-refractivity contribution < 1.29 is 42.1 Å². The van der Waals surface area contributed by atoms with Gasteiger partial charge < -0.3 is 18.9 Å². The van der Waals surface area contributed by atoms with Gasteiger partial charge in [0.15, 0.2) is 6.10 Å². The lowest BCUT2D eigenvalue weighted by molar-refractivity contribution is -0.870. The first-order valence-electron chi connectivity index (χ1n) is 22.0. The van der Waals surface area contributed by atoms with E-state index in [1.54, 1.807) is 0 Å². The Morgan fingerprint density at radius 3 is 1.53 bits per heavy atom. The Bertz CT molecular complexity index is 1300. The van der Waals surface area contributed by atoms with Gasteiger partial charge in [-0.25, -0.2) is 4.57 Å². The van der Waals surface area contributed by atoms with Crippen molar-refractivity contribution in [2.75, 3.05) is 47.5 Å². The van der Waals surface area contributed by atoms with Crippen LogP contribution in [0.25, 0.3) is 0 Å². The first-order valence-corrected chi connectivity index (χ1v) is 23.5. The highest BCUT2D eigenvalue weighted by molar-refractivity contribution is 7.47. The van der Waals surface area contributed by atoms with Gasteiger partial charge in [0.05, 0.1) is 27.7 Å². The molecule has 0 aromatic heterocycles. The van der Waals surface area contributed by atoms with Gasteiger partial charge in [-0.3, -0.25) is 18.6 Å². The molecular weight excluding hydrogens is 750 g/mol. The molecule has 330 valence electrons. The molecule has 0 bridgehead atoms. The average molecular weight is 831 g/mol. The molecule has 0 heterocycles. The number of carbonyl (C=O) groups is 2. The van der Waals surface area contributed by atoms with Crippen molar-refractivity contribution in [2.24, 2.45) is 0 Å². The SMILES string of the molecule is CC/C=C\C/C=C\C/C=C\C/C=C\C/C=C\C/C=C\C/C=C\CCCC(=O)OC(COC(=O)CCCCCCC/C=C\CCCC)COP(=O)(O)OCC[N+](C)(C)C.